The average molecular weight is 202 g/mol. The predicted molar refractivity (Wildman–Crippen MR) is 56.7 cm³/mol. The van der Waals surface area contributed by atoms with Gasteiger partial charge in [0.1, 0.15) is 0 Å². The van der Waals surface area contributed by atoms with Crippen molar-refractivity contribution in [1.29, 1.82) is 0 Å². The molecule has 0 aliphatic carbocycles. The molecule has 4 N–H and O–H groups in total. The fraction of sp³-hybridized carbons (Fsp3) is 0.900. The van der Waals surface area contributed by atoms with Gasteiger partial charge in [0.2, 0.25) is 5.91 Å². The first-order chi connectivity index (χ1) is 6.28. The smallest absolute Gasteiger partial charge is 0.224 e. The topological polar surface area (TPSA) is 75.4 Å². The van der Waals surface area contributed by atoms with Gasteiger partial charge in [0.25, 0.3) is 0 Å². The minimum atomic E-state index is -0.869. The van der Waals surface area contributed by atoms with Crippen molar-refractivity contribution in [2.24, 2.45) is 17.6 Å². The summed E-state index contributed by atoms with van der Waals surface area (Å²) in [5.74, 6) is -0.0243. The maximum atomic E-state index is 11.6. The Kier molecular flexibility index (Phi) is 5.08. The summed E-state index contributed by atoms with van der Waals surface area (Å²) in [6, 6.07) is 0. The van der Waals surface area contributed by atoms with Crippen LogP contribution in [0, 0.1) is 11.8 Å². The highest BCUT2D eigenvalue weighted by Crippen LogP contribution is 2.09. The first-order valence-corrected chi connectivity index (χ1v) is 4.98. The van der Waals surface area contributed by atoms with Gasteiger partial charge in [-0.3, -0.25) is 4.79 Å². The molecule has 4 heteroatoms. The van der Waals surface area contributed by atoms with Crippen molar-refractivity contribution in [3.8, 4) is 0 Å². The summed E-state index contributed by atoms with van der Waals surface area (Å²) in [6.45, 7) is 7.83. The molecule has 0 rings (SSSR count). The number of carbonyl (C=O) groups is 1. The molecule has 0 spiro atoms. The number of nitrogens with one attached hydrogen (secondary N) is 1. The Balaban J connectivity index is 4.06. The van der Waals surface area contributed by atoms with Crippen molar-refractivity contribution in [2.75, 3.05) is 13.1 Å². The van der Waals surface area contributed by atoms with Crippen LogP contribution in [-0.4, -0.2) is 29.7 Å². The van der Waals surface area contributed by atoms with Crippen molar-refractivity contribution >= 4 is 5.91 Å². The van der Waals surface area contributed by atoms with E-state index in [1.165, 1.54) is 0 Å². The second-order valence-electron chi connectivity index (χ2n) is 4.62. The fourth-order valence-corrected chi connectivity index (χ4v) is 1.12. The van der Waals surface area contributed by atoms with Crippen LogP contribution in [0.15, 0.2) is 0 Å². The fourth-order valence-electron chi connectivity index (χ4n) is 1.12. The standard InChI is InChI=1S/C10H22N2O2/c1-7(2)8(5-11)9(13)12-6-10(3,4)14/h7-8,14H,5-6,11H2,1-4H3,(H,12,13). The number of hydrogen-bond acceptors (Lipinski definition) is 3. The molecule has 0 aromatic heterocycles. The van der Waals surface area contributed by atoms with E-state index in [4.69, 9.17) is 5.73 Å². The maximum absolute atomic E-state index is 11.6. The molecule has 4 nitrogen and oxygen atoms in total. The third kappa shape index (κ3) is 5.19. The summed E-state index contributed by atoms with van der Waals surface area (Å²) in [5, 5.41) is 12.1. The molecule has 0 aliphatic rings. The van der Waals surface area contributed by atoms with Crippen LogP contribution in [0.2, 0.25) is 0 Å². The maximum Gasteiger partial charge on any atom is 0.224 e. The summed E-state index contributed by atoms with van der Waals surface area (Å²) in [4.78, 5) is 11.6. The van der Waals surface area contributed by atoms with E-state index < -0.39 is 5.60 Å². The molecule has 0 aromatic carbocycles. The molecule has 0 heterocycles. The normalized spacial score (nSPS) is 14.2. The number of rotatable bonds is 5. The average Bonchev–Trinajstić information content (AvgIpc) is 2.00. The summed E-state index contributed by atoms with van der Waals surface area (Å²) in [5.41, 5.74) is 4.62. The summed E-state index contributed by atoms with van der Waals surface area (Å²) in [7, 11) is 0. The van der Waals surface area contributed by atoms with Gasteiger partial charge < -0.3 is 16.2 Å². The van der Waals surface area contributed by atoms with E-state index in [9.17, 15) is 9.90 Å². The van der Waals surface area contributed by atoms with Gasteiger partial charge in [-0.05, 0) is 19.8 Å². The third-order valence-corrected chi connectivity index (χ3v) is 2.09. The van der Waals surface area contributed by atoms with Crippen LogP contribution in [0.3, 0.4) is 0 Å². The molecular weight excluding hydrogens is 180 g/mol. The monoisotopic (exact) mass is 202 g/mol. The lowest BCUT2D eigenvalue weighted by atomic mass is 9.95. The van der Waals surface area contributed by atoms with Crippen molar-refractivity contribution < 1.29 is 9.90 Å². The molecule has 1 unspecified atom stereocenters. The van der Waals surface area contributed by atoms with Crippen molar-refractivity contribution in [2.45, 2.75) is 33.3 Å². The minimum absolute atomic E-state index is 0.0791. The Morgan fingerprint density at radius 3 is 2.29 bits per heavy atom. The molecule has 0 radical (unpaired) electrons. The molecule has 0 saturated heterocycles. The van der Waals surface area contributed by atoms with E-state index in [1.807, 2.05) is 13.8 Å². The zero-order valence-electron chi connectivity index (χ0n) is 9.50. The third-order valence-electron chi connectivity index (χ3n) is 2.09. The van der Waals surface area contributed by atoms with Gasteiger partial charge in [-0.15, -0.1) is 0 Å². The number of amides is 1. The van der Waals surface area contributed by atoms with Crippen LogP contribution >= 0.6 is 0 Å². The number of nitrogens with two attached hydrogens (primary N) is 1. The number of hydrogen-bond donors (Lipinski definition) is 3. The second kappa shape index (κ2) is 5.32. The highest BCUT2D eigenvalue weighted by atomic mass is 16.3. The van der Waals surface area contributed by atoms with Gasteiger partial charge in [-0.1, -0.05) is 13.8 Å². The quantitative estimate of drug-likeness (QED) is 0.592. The molecule has 0 fully saturated rings. The van der Waals surface area contributed by atoms with Crippen LogP contribution in [0.1, 0.15) is 27.7 Å². The lowest BCUT2D eigenvalue weighted by Crippen LogP contribution is -2.44. The van der Waals surface area contributed by atoms with Gasteiger partial charge in [0.05, 0.1) is 11.5 Å². The molecule has 0 aromatic rings. The van der Waals surface area contributed by atoms with Gasteiger partial charge in [-0.25, -0.2) is 0 Å². The highest BCUT2D eigenvalue weighted by Gasteiger charge is 2.22. The molecule has 1 atom stereocenters. The van der Waals surface area contributed by atoms with E-state index in [-0.39, 0.29) is 24.3 Å². The molecule has 1 amide bonds. The molecular formula is C10H22N2O2. The Bertz CT molecular complexity index is 185. The van der Waals surface area contributed by atoms with Gasteiger partial charge in [0, 0.05) is 13.1 Å². The molecule has 84 valence electrons. The first-order valence-electron chi connectivity index (χ1n) is 4.98. The van der Waals surface area contributed by atoms with Crippen molar-refractivity contribution in [1.82, 2.24) is 5.32 Å². The van der Waals surface area contributed by atoms with E-state index in [0.717, 1.165) is 0 Å². The lowest BCUT2D eigenvalue weighted by Gasteiger charge is -2.22. The van der Waals surface area contributed by atoms with E-state index in [1.54, 1.807) is 13.8 Å². The Hall–Kier alpha value is -0.610. The van der Waals surface area contributed by atoms with Gasteiger partial charge in [-0.2, -0.15) is 0 Å². The van der Waals surface area contributed by atoms with Crippen molar-refractivity contribution in [3.05, 3.63) is 0 Å². The molecule has 0 bridgehead atoms. The zero-order valence-corrected chi connectivity index (χ0v) is 9.50. The lowest BCUT2D eigenvalue weighted by molar-refractivity contribution is -0.127. The number of aliphatic hydroxyl groups is 1. The highest BCUT2D eigenvalue weighted by molar-refractivity contribution is 5.79. The van der Waals surface area contributed by atoms with Crippen LogP contribution in [-0.2, 0) is 4.79 Å². The van der Waals surface area contributed by atoms with Crippen LogP contribution < -0.4 is 11.1 Å². The van der Waals surface area contributed by atoms with Crippen LogP contribution in [0.25, 0.3) is 0 Å². The SMILES string of the molecule is CC(C)C(CN)C(=O)NCC(C)(C)O. The largest absolute Gasteiger partial charge is 0.389 e. The second-order valence-corrected chi connectivity index (χ2v) is 4.62. The first kappa shape index (κ1) is 13.4. The van der Waals surface area contributed by atoms with Crippen molar-refractivity contribution in [3.63, 3.8) is 0 Å². The molecule has 14 heavy (non-hydrogen) atoms. The predicted octanol–water partition coefficient (Wildman–Crippen LogP) is 0.104. The van der Waals surface area contributed by atoms with E-state index in [0.29, 0.717) is 6.54 Å². The van der Waals surface area contributed by atoms with Gasteiger partial charge >= 0.3 is 0 Å². The summed E-state index contributed by atoms with van der Waals surface area (Å²) >= 11 is 0. The molecule has 0 aliphatic heterocycles. The van der Waals surface area contributed by atoms with Crippen LogP contribution in [0.5, 0.6) is 0 Å². The van der Waals surface area contributed by atoms with Crippen LogP contribution in [0.4, 0.5) is 0 Å². The van der Waals surface area contributed by atoms with Gasteiger partial charge in [0.15, 0.2) is 0 Å². The molecule has 0 saturated carbocycles. The Morgan fingerprint density at radius 1 is 1.50 bits per heavy atom. The summed E-state index contributed by atoms with van der Waals surface area (Å²) in [6.07, 6.45) is 0. The Labute approximate surface area is 85.9 Å². The van der Waals surface area contributed by atoms with E-state index >= 15 is 0 Å². The Morgan fingerprint density at radius 2 is 2.00 bits per heavy atom. The summed E-state index contributed by atoms with van der Waals surface area (Å²) < 4.78 is 0. The van der Waals surface area contributed by atoms with E-state index in [2.05, 4.69) is 5.32 Å². The number of carbonyl (C=O) groups excluding carboxylic acids is 1. The zero-order chi connectivity index (χ0) is 11.4. The minimum Gasteiger partial charge on any atom is -0.389 e.